The topological polar surface area (TPSA) is 12.0 Å². The van der Waals surface area contributed by atoms with Crippen LogP contribution in [0.2, 0.25) is 0 Å². The van der Waals surface area contributed by atoms with Crippen molar-refractivity contribution in [2.75, 3.05) is 6.54 Å². The van der Waals surface area contributed by atoms with E-state index < -0.39 is 0 Å². The van der Waals surface area contributed by atoms with E-state index in [9.17, 15) is 4.39 Å². The van der Waals surface area contributed by atoms with Gasteiger partial charge < -0.3 is 5.32 Å². The number of hydrogen-bond acceptors (Lipinski definition) is 1. The molecule has 1 atom stereocenters. The van der Waals surface area contributed by atoms with Gasteiger partial charge in [-0.15, -0.1) is 0 Å². The summed E-state index contributed by atoms with van der Waals surface area (Å²) in [6.45, 7) is 2.98. The SMILES string of the molecule is Cc1cccc(F)c1[C@@H]1CCCN1. The van der Waals surface area contributed by atoms with E-state index >= 15 is 0 Å². The monoisotopic (exact) mass is 179 g/mol. The Morgan fingerprint density at radius 3 is 2.92 bits per heavy atom. The largest absolute Gasteiger partial charge is 0.310 e. The van der Waals surface area contributed by atoms with Crippen molar-refractivity contribution >= 4 is 0 Å². The van der Waals surface area contributed by atoms with Gasteiger partial charge in [-0.1, -0.05) is 12.1 Å². The number of halogens is 1. The van der Waals surface area contributed by atoms with Gasteiger partial charge in [0, 0.05) is 11.6 Å². The molecular formula is C11H14FN. The van der Waals surface area contributed by atoms with Crippen molar-refractivity contribution in [2.45, 2.75) is 25.8 Å². The van der Waals surface area contributed by atoms with Crippen molar-refractivity contribution in [2.24, 2.45) is 0 Å². The van der Waals surface area contributed by atoms with E-state index in [1.165, 1.54) is 0 Å². The fraction of sp³-hybridized carbons (Fsp3) is 0.455. The summed E-state index contributed by atoms with van der Waals surface area (Å²) < 4.78 is 13.5. The Morgan fingerprint density at radius 1 is 1.46 bits per heavy atom. The van der Waals surface area contributed by atoms with Gasteiger partial charge in [0.2, 0.25) is 0 Å². The summed E-state index contributed by atoms with van der Waals surface area (Å²) in [6, 6.07) is 5.52. The average molecular weight is 179 g/mol. The van der Waals surface area contributed by atoms with Crippen molar-refractivity contribution in [1.82, 2.24) is 5.32 Å². The van der Waals surface area contributed by atoms with Crippen molar-refractivity contribution in [3.8, 4) is 0 Å². The zero-order chi connectivity index (χ0) is 9.26. The van der Waals surface area contributed by atoms with Gasteiger partial charge in [-0.2, -0.15) is 0 Å². The Morgan fingerprint density at radius 2 is 2.31 bits per heavy atom. The Labute approximate surface area is 78.0 Å². The van der Waals surface area contributed by atoms with Crippen LogP contribution < -0.4 is 5.32 Å². The average Bonchev–Trinajstić information content (AvgIpc) is 2.57. The minimum absolute atomic E-state index is 0.0700. The van der Waals surface area contributed by atoms with E-state index in [4.69, 9.17) is 0 Å². The first-order valence-electron chi connectivity index (χ1n) is 4.77. The minimum atomic E-state index is -0.0700. The van der Waals surface area contributed by atoms with E-state index in [1.807, 2.05) is 13.0 Å². The third kappa shape index (κ3) is 1.59. The lowest BCUT2D eigenvalue weighted by molar-refractivity contribution is 0.555. The molecule has 2 heteroatoms. The molecule has 0 bridgehead atoms. The molecule has 0 saturated carbocycles. The van der Waals surface area contributed by atoms with E-state index in [1.54, 1.807) is 12.1 Å². The molecule has 2 rings (SSSR count). The minimum Gasteiger partial charge on any atom is -0.310 e. The molecule has 70 valence electrons. The first kappa shape index (κ1) is 8.70. The first-order chi connectivity index (χ1) is 6.29. The zero-order valence-corrected chi connectivity index (χ0v) is 7.81. The van der Waals surface area contributed by atoms with Crippen LogP contribution in [0.25, 0.3) is 0 Å². The lowest BCUT2D eigenvalue weighted by atomic mass is 9.99. The highest BCUT2D eigenvalue weighted by molar-refractivity contribution is 5.30. The van der Waals surface area contributed by atoms with Crippen LogP contribution in [0.1, 0.15) is 30.0 Å². The molecule has 13 heavy (non-hydrogen) atoms. The highest BCUT2D eigenvalue weighted by Gasteiger charge is 2.20. The normalized spacial score (nSPS) is 22.2. The van der Waals surface area contributed by atoms with E-state index in [-0.39, 0.29) is 11.9 Å². The summed E-state index contributed by atoms with van der Waals surface area (Å²) in [5.74, 6) is -0.0700. The van der Waals surface area contributed by atoms with Gasteiger partial charge in [-0.25, -0.2) is 4.39 Å². The molecule has 0 aromatic heterocycles. The fourth-order valence-electron chi connectivity index (χ4n) is 2.02. The number of rotatable bonds is 1. The molecule has 0 amide bonds. The molecule has 1 N–H and O–H groups in total. The molecule has 1 heterocycles. The predicted molar refractivity (Wildman–Crippen MR) is 51.1 cm³/mol. The van der Waals surface area contributed by atoms with Crippen LogP contribution in [-0.4, -0.2) is 6.54 Å². The molecule has 1 aliphatic heterocycles. The molecule has 1 saturated heterocycles. The van der Waals surface area contributed by atoms with Crippen LogP contribution in [0, 0.1) is 12.7 Å². The maximum atomic E-state index is 13.5. The van der Waals surface area contributed by atoms with E-state index in [0.717, 1.165) is 30.5 Å². The van der Waals surface area contributed by atoms with Crippen molar-refractivity contribution in [3.05, 3.63) is 35.1 Å². The summed E-state index contributed by atoms with van der Waals surface area (Å²) in [6.07, 6.45) is 2.21. The van der Waals surface area contributed by atoms with Gasteiger partial charge >= 0.3 is 0 Å². The van der Waals surface area contributed by atoms with Crippen LogP contribution >= 0.6 is 0 Å². The van der Waals surface area contributed by atoms with Crippen molar-refractivity contribution < 1.29 is 4.39 Å². The molecular weight excluding hydrogens is 165 g/mol. The Balaban J connectivity index is 2.37. The zero-order valence-electron chi connectivity index (χ0n) is 7.81. The Kier molecular flexibility index (Phi) is 2.32. The van der Waals surface area contributed by atoms with Crippen LogP contribution in [0.5, 0.6) is 0 Å². The fourth-order valence-corrected chi connectivity index (χ4v) is 2.02. The maximum absolute atomic E-state index is 13.5. The Hall–Kier alpha value is -0.890. The molecule has 0 spiro atoms. The smallest absolute Gasteiger partial charge is 0.128 e. The molecule has 0 radical (unpaired) electrons. The van der Waals surface area contributed by atoms with Crippen LogP contribution in [0.3, 0.4) is 0 Å². The predicted octanol–water partition coefficient (Wildman–Crippen LogP) is 2.56. The van der Waals surface area contributed by atoms with Gasteiger partial charge in [0.15, 0.2) is 0 Å². The van der Waals surface area contributed by atoms with E-state index in [2.05, 4.69) is 5.32 Å². The van der Waals surface area contributed by atoms with E-state index in [0.29, 0.717) is 0 Å². The lowest BCUT2D eigenvalue weighted by Gasteiger charge is -2.14. The second-order valence-corrected chi connectivity index (χ2v) is 3.62. The number of aryl methyl sites for hydroxylation is 1. The summed E-state index contributed by atoms with van der Waals surface area (Å²) in [5.41, 5.74) is 1.92. The quantitative estimate of drug-likeness (QED) is 0.698. The second-order valence-electron chi connectivity index (χ2n) is 3.62. The first-order valence-corrected chi connectivity index (χ1v) is 4.77. The molecule has 1 aromatic carbocycles. The second kappa shape index (κ2) is 3.46. The Bertz CT molecular complexity index is 283. The standard InChI is InChI=1S/C11H14FN/c1-8-4-2-5-9(12)11(8)10-6-3-7-13-10/h2,4-5,10,13H,3,6-7H2,1H3/t10-/m0/s1. The highest BCUT2D eigenvalue weighted by atomic mass is 19.1. The number of benzene rings is 1. The molecule has 1 aromatic rings. The third-order valence-electron chi connectivity index (χ3n) is 2.68. The van der Waals surface area contributed by atoms with Crippen molar-refractivity contribution in [1.29, 1.82) is 0 Å². The van der Waals surface area contributed by atoms with Crippen LogP contribution in [-0.2, 0) is 0 Å². The molecule has 0 unspecified atom stereocenters. The summed E-state index contributed by atoms with van der Waals surface area (Å²) in [5, 5.41) is 3.31. The summed E-state index contributed by atoms with van der Waals surface area (Å²) in [7, 11) is 0. The lowest BCUT2D eigenvalue weighted by Crippen LogP contribution is -2.15. The number of hydrogen-bond donors (Lipinski definition) is 1. The van der Waals surface area contributed by atoms with Gasteiger partial charge in [0.05, 0.1) is 0 Å². The molecule has 1 aliphatic rings. The summed E-state index contributed by atoms with van der Waals surface area (Å²) >= 11 is 0. The third-order valence-corrected chi connectivity index (χ3v) is 2.68. The van der Waals surface area contributed by atoms with Gasteiger partial charge in [-0.3, -0.25) is 0 Å². The molecule has 0 aliphatic carbocycles. The molecule has 1 fully saturated rings. The highest BCUT2D eigenvalue weighted by Crippen LogP contribution is 2.27. The van der Waals surface area contributed by atoms with Gasteiger partial charge in [0.25, 0.3) is 0 Å². The van der Waals surface area contributed by atoms with Crippen LogP contribution in [0.4, 0.5) is 4.39 Å². The summed E-state index contributed by atoms with van der Waals surface area (Å²) in [4.78, 5) is 0. The van der Waals surface area contributed by atoms with Crippen LogP contribution in [0.15, 0.2) is 18.2 Å². The molecule has 1 nitrogen and oxygen atoms in total. The maximum Gasteiger partial charge on any atom is 0.128 e. The van der Waals surface area contributed by atoms with Gasteiger partial charge in [0.1, 0.15) is 5.82 Å². The number of nitrogens with one attached hydrogen (secondary N) is 1. The van der Waals surface area contributed by atoms with Crippen molar-refractivity contribution in [3.63, 3.8) is 0 Å². The van der Waals surface area contributed by atoms with Gasteiger partial charge in [-0.05, 0) is 37.9 Å².